The molecule has 0 radical (unpaired) electrons. The number of hydrogen-bond donors (Lipinski definition) is 0. The largest absolute Gasteiger partial charge is 0.494 e. The molecule has 1 heterocycles. The van der Waals surface area contributed by atoms with Gasteiger partial charge in [-0.25, -0.2) is 0 Å². The predicted molar refractivity (Wildman–Crippen MR) is 107 cm³/mol. The van der Waals surface area contributed by atoms with Gasteiger partial charge in [0, 0.05) is 10.2 Å². The van der Waals surface area contributed by atoms with Crippen LogP contribution in [0.2, 0.25) is 0 Å². The van der Waals surface area contributed by atoms with Gasteiger partial charge in [0.25, 0.3) is 0 Å². The molecule has 0 N–H and O–H groups in total. The van der Waals surface area contributed by atoms with E-state index in [-0.39, 0.29) is 6.61 Å². The normalized spacial score (nSPS) is 10.4. The third kappa shape index (κ3) is 5.02. The van der Waals surface area contributed by atoms with E-state index in [2.05, 4.69) is 32.2 Å². The van der Waals surface area contributed by atoms with Gasteiger partial charge in [0.1, 0.15) is 18.1 Å². The molecule has 0 bridgehead atoms. The molecule has 8 heteroatoms. The van der Waals surface area contributed by atoms with E-state index in [4.69, 9.17) is 14.7 Å². The summed E-state index contributed by atoms with van der Waals surface area (Å²) in [6.45, 7) is 2.82. The minimum Gasteiger partial charge on any atom is -0.494 e. The lowest BCUT2D eigenvalue weighted by Crippen LogP contribution is -2.07. The van der Waals surface area contributed by atoms with Crippen molar-refractivity contribution in [3.8, 4) is 23.3 Å². The molecule has 138 valence electrons. The molecular formula is C19H17BrN4O2S. The molecule has 27 heavy (non-hydrogen) atoms. The summed E-state index contributed by atoms with van der Waals surface area (Å²) >= 11 is 4.74. The fraction of sp³-hybridized carbons (Fsp3) is 0.211. The number of rotatable bonds is 8. The second kappa shape index (κ2) is 9.44. The predicted octanol–water partition coefficient (Wildman–Crippen LogP) is 4.62. The summed E-state index contributed by atoms with van der Waals surface area (Å²) in [7, 11) is 0. The fourth-order valence-electron chi connectivity index (χ4n) is 2.38. The van der Waals surface area contributed by atoms with Crippen molar-refractivity contribution in [1.82, 2.24) is 14.8 Å². The Balaban J connectivity index is 1.85. The van der Waals surface area contributed by atoms with Crippen LogP contribution in [0.5, 0.6) is 11.5 Å². The molecule has 0 fully saturated rings. The average Bonchev–Trinajstić information content (AvgIpc) is 3.09. The van der Waals surface area contributed by atoms with Crippen LogP contribution in [0.1, 0.15) is 12.7 Å². The third-order valence-corrected chi connectivity index (χ3v) is 4.88. The quantitative estimate of drug-likeness (QED) is 0.471. The van der Waals surface area contributed by atoms with Gasteiger partial charge in [-0.05, 0) is 55.5 Å². The van der Waals surface area contributed by atoms with Crippen LogP contribution in [0.3, 0.4) is 0 Å². The zero-order chi connectivity index (χ0) is 19.1. The zero-order valence-corrected chi connectivity index (χ0v) is 17.0. The minimum atomic E-state index is 0.259. The fourth-order valence-corrected chi connectivity index (χ4v) is 3.28. The van der Waals surface area contributed by atoms with Gasteiger partial charge in [0.2, 0.25) is 0 Å². The topological polar surface area (TPSA) is 73.0 Å². The molecule has 0 saturated carbocycles. The maximum Gasteiger partial charge on any atom is 0.196 e. The van der Waals surface area contributed by atoms with Gasteiger partial charge < -0.3 is 9.47 Å². The summed E-state index contributed by atoms with van der Waals surface area (Å²) in [6.07, 6.45) is 0. The summed E-state index contributed by atoms with van der Waals surface area (Å²) in [5.41, 5.74) is 0.887. The van der Waals surface area contributed by atoms with Crippen molar-refractivity contribution in [3.05, 3.63) is 58.8 Å². The van der Waals surface area contributed by atoms with Gasteiger partial charge in [-0.2, -0.15) is 5.26 Å². The Kier molecular flexibility index (Phi) is 6.74. The van der Waals surface area contributed by atoms with E-state index in [9.17, 15) is 0 Å². The Labute approximate surface area is 170 Å². The monoisotopic (exact) mass is 444 g/mol. The number of halogens is 1. The molecular weight excluding hydrogens is 428 g/mol. The van der Waals surface area contributed by atoms with Crippen molar-refractivity contribution in [1.29, 1.82) is 5.26 Å². The van der Waals surface area contributed by atoms with Crippen LogP contribution >= 0.6 is 27.7 Å². The smallest absolute Gasteiger partial charge is 0.196 e. The molecule has 0 spiro atoms. The number of aromatic nitrogens is 3. The van der Waals surface area contributed by atoms with Gasteiger partial charge in [0.15, 0.2) is 11.0 Å². The second-order valence-corrected chi connectivity index (χ2v) is 7.21. The highest BCUT2D eigenvalue weighted by Gasteiger charge is 2.15. The molecule has 6 nitrogen and oxygen atoms in total. The molecule has 0 atom stereocenters. The maximum absolute atomic E-state index is 8.89. The Hall–Kier alpha value is -2.50. The van der Waals surface area contributed by atoms with Crippen molar-refractivity contribution in [2.75, 3.05) is 12.4 Å². The lowest BCUT2D eigenvalue weighted by Gasteiger charge is -2.11. The van der Waals surface area contributed by atoms with Crippen molar-refractivity contribution >= 4 is 27.7 Å². The average molecular weight is 445 g/mol. The minimum absolute atomic E-state index is 0.259. The van der Waals surface area contributed by atoms with Crippen LogP contribution in [0.15, 0.2) is 58.2 Å². The highest BCUT2D eigenvalue weighted by atomic mass is 79.9. The first-order valence-electron chi connectivity index (χ1n) is 8.27. The Morgan fingerprint density at radius 3 is 2.37 bits per heavy atom. The molecule has 0 aliphatic heterocycles. The standard InChI is InChI=1S/C19H17BrN4O2S/c1-2-25-16-9-5-15(6-10-16)24-18(22-23-19(24)27-12-11-21)13-26-17-7-3-14(20)4-8-17/h3-10H,2,12-13H2,1H3. The molecule has 0 saturated heterocycles. The third-order valence-electron chi connectivity index (χ3n) is 3.55. The van der Waals surface area contributed by atoms with Crippen LogP contribution in [-0.4, -0.2) is 27.1 Å². The van der Waals surface area contributed by atoms with E-state index in [0.717, 1.165) is 21.7 Å². The molecule has 0 aliphatic rings. The first-order chi connectivity index (χ1) is 13.2. The summed E-state index contributed by atoms with van der Waals surface area (Å²) in [5, 5.41) is 18.0. The van der Waals surface area contributed by atoms with Crippen LogP contribution in [0.4, 0.5) is 0 Å². The van der Waals surface area contributed by atoms with E-state index >= 15 is 0 Å². The van der Waals surface area contributed by atoms with Gasteiger partial charge >= 0.3 is 0 Å². The van der Waals surface area contributed by atoms with Crippen LogP contribution in [-0.2, 0) is 6.61 Å². The highest BCUT2D eigenvalue weighted by molar-refractivity contribution is 9.10. The number of thioether (sulfide) groups is 1. The zero-order valence-electron chi connectivity index (χ0n) is 14.6. The maximum atomic E-state index is 8.89. The van der Waals surface area contributed by atoms with E-state index in [1.54, 1.807) is 0 Å². The number of benzene rings is 2. The SMILES string of the molecule is CCOc1ccc(-n2c(COc3ccc(Br)cc3)nnc2SCC#N)cc1. The first-order valence-corrected chi connectivity index (χ1v) is 10.0. The van der Waals surface area contributed by atoms with Gasteiger partial charge in [-0.3, -0.25) is 4.57 Å². The van der Waals surface area contributed by atoms with Crippen LogP contribution in [0.25, 0.3) is 5.69 Å². The summed E-state index contributed by atoms with van der Waals surface area (Å²) in [4.78, 5) is 0. The molecule has 0 amide bonds. The van der Waals surface area contributed by atoms with Crippen molar-refractivity contribution in [3.63, 3.8) is 0 Å². The van der Waals surface area contributed by atoms with E-state index in [0.29, 0.717) is 23.3 Å². The lowest BCUT2D eigenvalue weighted by atomic mass is 10.3. The second-order valence-electron chi connectivity index (χ2n) is 5.35. The molecule has 2 aromatic carbocycles. The van der Waals surface area contributed by atoms with Crippen molar-refractivity contribution in [2.45, 2.75) is 18.7 Å². The van der Waals surface area contributed by atoms with E-state index in [1.165, 1.54) is 11.8 Å². The van der Waals surface area contributed by atoms with Gasteiger partial charge in [0.05, 0.1) is 18.4 Å². The number of hydrogen-bond acceptors (Lipinski definition) is 6. The molecule has 3 rings (SSSR count). The lowest BCUT2D eigenvalue weighted by molar-refractivity contribution is 0.292. The van der Waals surface area contributed by atoms with E-state index in [1.807, 2.05) is 60.0 Å². The summed E-state index contributed by atoms with van der Waals surface area (Å²) in [6, 6.07) is 17.4. The van der Waals surface area contributed by atoms with E-state index < -0.39 is 0 Å². The van der Waals surface area contributed by atoms with Crippen molar-refractivity contribution in [2.24, 2.45) is 0 Å². The molecule has 3 aromatic rings. The van der Waals surface area contributed by atoms with Gasteiger partial charge in [-0.1, -0.05) is 27.7 Å². The highest BCUT2D eigenvalue weighted by Crippen LogP contribution is 2.25. The Bertz CT molecular complexity index is 920. The summed E-state index contributed by atoms with van der Waals surface area (Å²) in [5.74, 6) is 2.49. The molecule has 0 unspecified atom stereocenters. The first kappa shape index (κ1) is 19.3. The van der Waals surface area contributed by atoms with Crippen LogP contribution < -0.4 is 9.47 Å². The Morgan fingerprint density at radius 1 is 1.04 bits per heavy atom. The number of ether oxygens (including phenoxy) is 2. The Morgan fingerprint density at radius 2 is 1.70 bits per heavy atom. The van der Waals surface area contributed by atoms with Crippen LogP contribution in [0, 0.1) is 11.3 Å². The van der Waals surface area contributed by atoms with Crippen molar-refractivity contribution < 1.29 is 9.47 Å². The summed E-state index contributed by atoms with van der Waals surface area (Å²) < 4.78 is 14.2. The molecule has 1 aromatic heterocycles. The number of nitriles is 1. The number of nitrogens with zero attached hydrogens (tertiary/aromatic N) is 4. The molecule has 0 aliphatic carbocycles. The van der Waals surface area contributed by atoms with Gasteiger partial charge in [-0.15, -0.1) is 10.2 Å².